The van der Waals surface area contributed by atoms with Crippen LogP contribution < -0.4 is 5.11 Å². The molecule has 0 aliphatic rings. The molecule has 0 aliphatic heterocycles. The Morgan fingerprint density at radius 2 is 1.90 bits per heavy atom. The van der Waals surface area contributed by atoms with Crippen molar-refractivity contribution in [2.75, 3.05) is 14.2 Å². The molecule has 0 bridgehead atoms. The van der Waals surface area contributed by atoms with Gasteiger partial charge in [0.1, 0.15) is 4.48 Å². The van der Waals surface area contributed by atoms with Crippen LogP contribution in [0.4, 0.5) is 0 Å². The van der Waals surface area contributed by atoms with Gasteiger partial charge in [-0.2, -0.15) is 0 Å². The third-order valence-corrected chi connectivity index (χ3v) is 1.38. The Morgan fingerprint density at radius 3 is 2.20 bits per heavy atom. The molecule has 0 N–H and O–H groups in total. The lowest BCUT2D eigenvalue weighted by molar-refractivity contribution is -0.353. The van der Waals surface area contributed by atoms with Gasteiger partial charge in [-0.25, -0.2) is 4.79 Å². The highest BCUT2D eigenvalue weighted by Gasteiger charge is 2.06. The number of carbonyl (C=O) groups is 1. The van der Waals surface area contributed by atoms with Crippen LogP contribution in [-0.4, -0.2) is 20.2 Å². The minimum absolute atomic E-state index is 0.238. The normalized spacial score (nSPS) is 11.9. The number of ether oxygens (including phenoxy) is 2. The molecule has 0 rings (SSSR count). The molecule has 0 aromatic carbocycles. The predicted molar refractivity (Wildman–Crippen MR) is 35.0 cm³/mol. The Hall–Kier alpha value is -0.710. The first kappa shape index (κ1) is 9.29. The fourth-order valence-electron chi connectivity index (χ4n) is 0.263. The summed E-state index contributed by atoms with van der Waals surface area (Å²) in [5, 5.41) is 10.5. The van der Waals surface area contributed by atoms with Gasteiger partial charge in [-0.05, 0) is 23.0 Å². The monoisotopic (exact) mass is 209 g/mol. The molecule has 0 spiro atoms. The zero-order chi connectivity index (χ0) is 8.15. The van der Waals surface area contributed by atoms with E-state index in [1.54, 1.807) is 0 Å². The van der Waals surface area contributed by atoms with Crippen molar-refractivity contribution in [2.45, 2.75) is 0 Å². The van der Waals surface area contributed by atoms with Gasteiger partial charge in [-0.15, -0.1) is 0 Å². The SMILES string of the molecule is COC(=O)/C(Br)=C(\[O-])OC. The highest BCUT2D eigenvalue weighted by Crippen LogP contribution is 2.09. The van der Waals surface area contributed by atoms with Crippen LogP contribution in [-0.2, 0) is 14.3 Å². The van der Waals surface area contributed by atoms with E-state index in [0.717, 1.165) is 0 Å². The van der Waals surface area contributed by atoms with Crippen LogP contribution in [0.25, 0.3) is 0 Å². The van der Waals surface area contributed by atoms with Gasteiger partial charge >= 0.3 is 5.97 Å². The molecule has 0 heterocycles. The van der Waals surface area contributed by atoms with Crippen LogP contribution in [0.2, 0.25) is 0 Å². The van der Waals surface area contributed by atoms with Gasteiger partial charge < -0.3 is 14.6 Å². The maximum absolute atomic E-state index is 10.5. The standard InChI is InChI=1S/C5H7BrO4/c1-9-4(7)3(6)5(8)10-2/h7H,1-2H3/p-1/b4-3-. The minimum Gasteiger partial charge on any atom is -0.616 e. The summed E-state index contributed by atoms with van der Waals surface area (Å²) in [5.74, 6) is -1.49. The maximum Gasteiger partial charge on any atom is 0.346 e. The van der Waals surface area contributed by atoms with Crippen LogP contribution >= 0.6 is 15.9 Å². The van der Waals surface area contributed by atoms with E-state index in [1.807, 2.05) is 0 Å². The third-order valence-electron chi connectivity index (χ3n) is 0.729. The Balaban J connectivity index is 4.30. The first-order chi connectivity index (χ1) is 4.63. The fourth-order valence-corrected chi connectivity index (χ4v) is 0.586. The number of esters is 1. The molecule has 10 heavy (non-hydrogen) atoms. The lowest BCUT2D eigenvalue weighted by Crippen LogP contribution is -2.13. The van der Waals surface area contributed by atoms with Crippen LogP contribution in [0.3, 0.4) is 0 Å². The van der Waals surface area contributed by atoms with Gasteiger partial charge in [0.05, 0.1) is 13.1 Å². The van der Waals surface area contributed by atoms with Crippen LogP contribution in [0.1, 0.15) is 0 Å². The molecule has 0 saturated heterocycles. The Morgan fingerprint density at radius 1 is 1.40 bits per heavy atom. The van der Waals surface area contributed by atoms with Gasteiger partial charge in [0.15, 0.2) is 0 Å². The van der Waals surface area contributed by atoms with Crippen molar-refractivity contribution >= 4 is 21.9 Å². The Labute approximate surface area is 66.6 Å². The lowest BCUT2D eigenvalue weighted by Gasteiger charge is -2.09. The Kier molecular flexibility index (Phi) is 3.87. The van der Waals surface area contributed by atoms with E-state index in [1.165, 1.54) is 14.2 Å². The molecule has 0 aromatic heterocycles. The first-order valence-electron chi connectivity index (χ1n) is 2.32. The van der Waals surface area contributed by atoms with Gasteiger partial charge in [0.25, 0.3) is 0 Å². The summed E-state index contributed by atoms with van der Waals surface area (Å²) in [5.41, 5.74) is 0. The van der Waals surface area contributed by atoms with E-state index in [2.05, 4.69) is 25.4 Å². The van der Waals surface area contributed by atoms with Crippen molar-refractivity contribution < 1.29 is 19.4 Å². The van der Waals surface area contributed by atoms with Crippen molar-refractivity contribution in [2.24, 2.45) is 0 Å². The number of carbonyl (C=O) groups excluding carboxylic acids is 1. The smallest absolute Gasteiger partial charge is 0.346 e. The summed E-state index contributed by atoms with van der Waals surface area (Å²) in [6.07, 6.45) is 0. The molecule has 0 saturated carbocycles. The lowest BCUT2D eigenvalue weighted by atomic mass is 10.6. The topological polar surface area (TPSA) is 58.6 Å². The van der Waals surface area contributed by atoms with Gasteiger partial charge in [-0.1, -0.05) is 0 Å². The first-order valence-corrected chi connectivity index (χ1v) is 3.11. The van der Waals surface area contributed by atoms with Crippen LogP contribution in [0.15, 0.2) is 10.4 Å². The molecule has 5 heteroatoms. The number of halogens is 1. The summed E-state index contributed by atoms with van der Waals surface area (Å²) in [6, 6.07) is 0. The van der Waals surface area contributed by atoms with E-state index in [-0.39, 0.29) is 4.48 Å². The van der Waals surface area contributed by atoms with Gasteiger partial charge in [-0.3, -0.25) is 0 Å². The number of hydrogen-bond donors (Lipinski definition) is 0. The van der Waals surface area contributed by atoms with Crippen LogP contribution in [0.5, 0.6) is 0 Å². The van der Waals surface area contributed by atoms with E-state index in [4.69, 9.17) is 0 Å². The molecule has 0 aliphatic carbocycles. The summed E-state index contributed by atoms with van der Waals surface area (Å²) < 4.78 is 8.18. The zero-order valence-corrected chi connectivity index (χ0v) is 7.10. The molecular weight excluding hydrogens is 204 g/mol. The second-order valence-electron chi connectivity index (χ2n) is 1.30. The molecule has 0 amide bonds. The largest absolute Gasteiger partial charge is 0.616 e. The highest BCUT2D eigenvalue weighted by molar-refractivity contribution is 9.12. The van der Waals surface area contributed by atoms with Gasteiger partial charge in [0.2, 0.25) is 0 Å². The van der Waals surface area contributed by atoms with Gasteiger partial charge in [0, 0.05) is 0 Å². The zero-order valence-electron chi connectivity index (χ0n) is 5.51. The predicted octanol–water partition coefficient (Wildman–Crippen LogP) is -0.270. The Bertz CT molecular complexity index is 163. The highest BCUT2D eigenvalue weighted by atomic mass is 79.9. The minimum atomic E-state index is -0.744. The number of hydrogen-bond acceptors (Lipinski definition) is 4. The summed E-state index contributed by atoms with van der Waals surface area (Å²) in [6.45, 7) is 0. The maximum atomic E-state index is 10.5. The fraction of sp³-hybridized carbons (Fsp3) is 0.400. The van der Waals surface area contributed by atoms with Crippen molar-refractivity contribution in [3.05, 3.63) is 10.4 Å². The molecule has 4 nitrogen and oxygen atoms in total. The van der Waals surface area contributed by atoms with Crippen molar-refractivity contribution in [3.63, 3.8) is 0 Å². The number of rotatable bonds is 2. The third kappa shape index (κ3) is 2.26. The molecule has 58 valence electrons. The summed E-state index contributed by atoms with van der Waals surface area (Å²) >= 11 is 2.70. The summed E-state index contributed by atoms with van der Waals surface area (Å²) in [7, 11) is 2.35. The van der Waals surface area contributed by atoms with Crippen molar-refractivity contribution in [1.29, 1.82) is 0 Å². The average Bonchev–Trinajstić information content (AvgIpc) is 2.00. The molecular formula is C5H6BrO4-. The quantitative estimate of drug-likeness (QED) is 0.357. The van der Waals surface area contributed by atoms with E-state index < -0.39 is 11.9 Å². The molecule has 0 fully saturated rings. The summed E-state index contributed by atoms with van der Waals surface area (Å²) in [4.78, 5) is 10.5. The molecule has 0 radical (unpaired) electrons. The second kappa shape index (κ2) is 4.16. The second-order valence-corrected chi connectivity index (χ2v) is 2.09. The molecule has 0 atom stereocenters. The van der Waals surface area contributed by atoms with E-state index in [0.29, 0.717) is 0 Å². The average molecular weight is 210 g/mol. The number of methoxy groups -OCH3 is 2. The van der Waals surface area contributed by atoms with Crippen LogP contribution in [0, 0.1) is 0 Å². The molecule has 0 unspecified atom stereocenters. The van der Waals surface area contributed by atoms with E-state index in [9.17, 15) is 9.90 Å². The van der Waals surface area contributed by atoms with E-state index >= 15 is 0 Å². The molecule has 0 aromatic rings. The van der Waals surface area contributed by atoms with Crippen molar-refractivity contribution in [1.82, 2.24) is 0 Å². The van der Waals surface area contributed by atoms with Crippen molar-refractivity contribution in [3.8, 4) is 0 Å².